The van der Waals surface area contributed by atoms with Gasteiger partial charge in [-0.2, -0.15) is 0 Å². The fraction of sp³-hybridized carbons (Fsp3) is 0.648. The number of hydrogen-bond donors (Lipinski definition) is 16. The van der Waals surface area contributed by atoms with E-state index >= 15 is 4.79 Å². The van der Waals surface area contributed by atoms with E-state index in [1.54, 1.807) is 32.9 Å². The lowest BCUT2D eigenvalue weighted by Crippen LogP contribution is -2.59. The summed E-state index contributed by atoms with van der Waals surface area (Å²) in [5, 5.41) is 78.4. The molecule has 2 unspecified atom stereocenters. The van der Waals surface area contributed by atoms with Gasteiger partial charge in [-0.1, -0.05) is 108 Å². The number of likely N-dealkylation sites (tertiary alicyclic amines) is 1. The van der Waals surface area contributed by atoms with E-state index in [-0.39, 0.29) is 110 Å². The molecule has 16 N–H and O–H groups in total. The van der Waals surface area contributed by atoms with Crippen molar-refractivity contribution in [3.63, 3.8) is 0 Å². The summed E-state index contributed by atoms with van der Waals surface area (Å²) in [6.45, 7) is 15.0. The normalized spacial score (nSPS) is 15.9. The molecule has 0 bridgehead atoms. The molecule has 1 saturated heterocycles. The Kier molecular flexibility index (Phi) is 43.3. The molecular weight excluding hydrogens is 1530 g/mol. The number of amides is 11. The number of benzene rings is 1. The molecule has 41 heteroatoms. The smallest absolute Gasteiger partial charge is 0.426 e. The molecule has 2 aromatic rings. The van der Waals surface area contributed by atoms with Crippen LogP contribution in [0.2, 0.25) is 0 Å². The Labute approximate surface area is 660 Å². The number of carbonyl (C=O) groups excluding carboxylic acids is 11. The van der Waals surface area contributed by atoms with Gasteiger partial charge in [-0.25, -0.2) is 39.2 Å². The number of carboxylic acid groups (broad SMARTS) is 5. The number of esters is 2. The third-order valence-electron chi connectivity index (χ3n) is 18.2. The zero-order valence-corrected chi connectivity index (χ0v) is 67.0. The maximum Gasteiger partial charge on any atom is 0.426 e. The van der Waals surface area contributed by atoms with E-state index in [0.29, 0.717) is 31.4 Å². The Morgan fingerprint density at radius 2 is 1.30 bits per heavy atom. The van der Waals surface area contributed by atoms with Crippen LogP contribution >= 0.6 is 32.9 Å². The second kappa shape index (κ2) is 50.3. The van der Waals surface area contributed by atoms with Gasteiger partial charge in [-0.3, -0.25) is 58.3 Å². The fourth-order valence-electron chi connectivity index (χ4n) is 11.5. The SMILES string of the molecule is CCCC(=O)OCN(C(=O)[C@@H](NC(=O)[C@H]1CCCCN1C)C(C)CC)[C@H](C[C@@H](OC(C)=O)c1nc(C(=O)N[C@@H](Cc2ccc(O)cc2)C[C@H](C)C(=O)NNC(=O)OCCSSC[C@H](NC(=O)[C@@H](NC(=O)[C@H](CC(=O)O)NC(=O)NCCCC[C@H](NC(=O)N[C@@H](CCC(=O)O)C(=O)O)C(=O)O)C(C)CC)C(=O)O)cs1)C(C)C. The Morgan fingerprint density at radius 3 is 1.89 bits per heavy atom. The van der Waals surface area contributed by atoms with Crippen molar-refractivity contribution in [2.45, 2.75) is 226 Å². The highest BCUT2D eigenvalue weighted by Crippen LogP contribution is 2.33. The number of nitrogens with zero attached hydrogens (tertiary/aromatic N) is 3. The number of nitrogens with one attached hydrogen (secondary N) is 10. The van der Waals surface area contributed by atoms with Gasteiger partial charge in [0.25, 0.3) is 5.91 Å². The number of piperidine rings is 1. The molecule has 112 heavy (non-hydrogen) atoms. The molecule has 1 aromatic heterocycles. The van der Waals surface area contributed by atoms with Crippen LogP contribution in [0, 0.1) is 23.7 Å². The number of aromatic hydroxyl groups is 1. The molecule has 0 radical (unpaired) electrons. The van der Waals surface area contributed by atoms with Gasteiger partial charge < -0.3 is 92.3 Å². The van der Waals surface area contributed by atoms with Gasteiger partial charge in [-0.15, -0.1) is 11.3 Å². The highest BCUT2D eigenvalue weighted by molar-refractivity contribution is 8.76. The maximum absolute atomic E-state index is 15.0. The van der Waals surface area contributed by atoms with Crippen molar-refractivity contribution in [2.75, 3.05) is 45.0 Å². The number of thiazole rings is 1. The molecule has 0 saturated carbocycles. The standard InChI is InChI=1S/C71H109N13O25S3/c1-11-18-56(91)108-37-84(65(97)58(40(7)13-3)80-62(95)51-20-15-17-28-83(51)10)52(38(4)5)34-53(109-42(9)85)64-75-49(35-110-64)61(94)73-44(32-43-21-23-45(86)24-22-43)31-41(8)59(92)81-82-71(106)107-29-30-111-112-36-50(68(102)103)74-63(96)57(39(6)12-2)79-60(93)48(33-55(89)90)78-69(104)72-27-16-14-19-46(66(98)99)76-70(105)77-47(67(100)101)25-26-54(87)88/h21-24,35,38-41,44,46-48,50-53,57-58,86H,11-20,25-34,36-37H2,1-10H3,(H,73,94)(H,74,96)(H,79,93)(H,80,95)(H,81,92)(H,82,106)(H,87,88)(H,89,90)(H,98,99)(H,100,101)(H,102,103)(H2,72,78,104)(H2,76,77,105)/t39?,40?,41-,44+,46-,47-,48-,50-,51+,52+,53+,57-,58-/m0/s1. The average Bonchev–Trinajstić information content (AvgIpc) is 1.82. The van der Waals surface area contributed by atoms with Crippen molar-refractivity contribution in [2.24, 2.45) is 23.7 Å². The summed E-state index contributed by atoms with van der Waals surface area (Å²) < 4.78 is 16.8. The van der Waals surface area contributed by atoms with Crippen molar-refractivity contribution < 1.29 is 122 Å². The lowest BCUT2D eigenvalue weighted by atomic mass is 9.92. The predicted molar refractivity (Wildman–Crippen MR) is 407 cm³/mol. The van der Waals surface area contributed by atoms with Crippen LogP contribution in [0.15, 0.2) is 29.6 Å². The number of urea groups is 2. The van der Waals surface area contributed by atoms with Gasteiger partial charge in [0.15, 0.2) is 12.8 Å². The van der Waals surface area contributed by atoms with Gasteiger partial charge in [-0.05, 0) is 107 Å². The fourth-order valence-corrected chi connectivity index (χ4v) is 14.3. The molecule has 3 rings (SSSR count). The average molecular weight is 1640 g/mol. The lowest BCUT2D eigenvalue weighted by Gasteiger charge is -2.39. The molecular formula is C71H109N13O25S3. The summed E-state index contributed by atoms with van der Waals surface area (Å²) in [5.74, 6) is -15.4. The summed E-state index contributed by atoms with van der Waals surface area (Å²) in [7, 11) is 3.88. The van der Waals surface area contributed by atoms with Crippen LogP contribution in [-0.2, 0) is 78.2 Å². The first kappa shape index (κ1) is 96.4. The van der Waals surface area contributed by atoms with Crippen LogP contribution in [0.3, 0.4) is 0 Å². The number of hydrogen-bond acceptors (Lipinski definition) is 25. The largest absolute Gasteiger partial charge is 0.508 e. The van der Waals surface area contributed by atoms with Crippen LogP contribution < -0.4 is 53.4 Å². The Hall–Kier alpha value is -9.77. The maximum atomic E-state index is 15.0. The van der Waals surface area contributed by atoms with Crippen LogP contribution in [0.5, 0.6) is 5.75 Å². The summed E-state index contributed by atoms with van der Waals surface area (Å²) in [6.07, 6.45) is -0.567. The van der Waals surface area contributed by atoms with E-state index in [4.69, 9.17) is 19.3 Å². The van der Waals surface area contributed by atoms with Crippen molar-refractivity contribution >= 4 is 128 Å². The number of likely N-dealkylation sites (N-methyl/N-ethyl adjacent to an activating group) is 1. The van der Waals surface area contributed by atoms with E-state index in [9.17, 15) is 97.5 Å². The van der Waals surface area contributed by atoms with Crippen molar-refractivity contribution in [1.29, 1.82) is 0 Å². The lowest BCUT2D eigenvalue weighted by molar-refractivity contribution is -0.160. The minimum atomic E-state index is -1.77. The zero-order valence-electron chi connectivity index (χ0n) is 64.5. The first-order chi connectivity index (χ1) is 52.9. The number of phenols is 1. The van der Waals surface area contributed by atoms with Gasteiger partial charge >= 0.3 is 59.9 Å². The van der Waals surface area contributed by atoms with E-state index in [2.05, 4.69) is 53.1 Å². The second-order valence-electron chi connectivity index (χ2n) is 27.5. The van der Waals surface area contributed by atoms with Gasteiger partial charge in [0, 0.05) is 67.6 Å². The molecule has 1 aromatic carbocycles. The summed E-state index contributed by atoms with van der Waals surface area (Å²) in [6, 6.07) is -7.07. The molecule has 0 spiro atoms. The number of phenolic OH excluding ortho intramolecular Hbond substituents is 1. The number of hydrazine groups is 1. The number of unbranched alkanes of at least 4 members (excludes halogenated alkanes) is 1. The Morgan fingerprint density at radius 1 is 0.670 bits per heavy atom. The number of carbonyl (C=O) groups is 16. The predicted octanol–water partition coefficient (Wildman–Crippen LogP) is 4.00. The quantitative estimate of drug-likeness (QED) is 0.0111. The number of aliphatic carboxylic acids is 5. The monoisotopic (exact) mass is 1640 g/mol. The van der Waals surface area contributed by atoms with Crippen molar-refractivity contribution in [3.8, 4) is 5.75 Å². The molecule has 38 nitrogen and oxygen atoms in total. The number of rotatable bonds is 50. The Balaban J connectivity index is 1.62. The molecule has 1 fully saturated rings. The first-order valence-electron chi connectivity index (χ1n) is 36.9. The van der Waals surface area contributed by atoms with Crippen LogP contribution in [0.25, 0.3) is 0 Å². The number of aromatic nitrogens is 1. The van der Waals surface area contributed by atoms with Gasteiger partial charge in [0.1, 0.15) is 59.3 Å². The summed E-state index contributed by atoms with van der Waals surface area (Å²) in [5.41, 5.74) is 5.02. The molecule has 11 amide bonds. The number of carboxylic acids is 5. The highest BCUT2D eigenvalue weighted by atomic mass is 33.1. The first-order valence-corrected chi connectivity index (χ1v) is 40.3. The van der Waals surface area contributed by atoms with E-state index < -0.39 is 188 Å². The molecule has 626 valence electrons. The second-order valence-corrected chi connectivity index (χ2v) is 31.0. The van der Waals surface area contributed by atoms with Crippen molar-refractivity contribution in [1.82, 2.24) is 68.2 Å². The minimum absolute atomic E-state index is 0.0203. The van der Waals surface area contributed by atoms with Crippen LogP contribution in [0.4, 0.5) is 14.4 Å². The van der Waals surface area contributed by atoms with E-state index in [1.807, 2.05) is 45.0 Å². The third kappa shape index (κ3) is 35.3. The molecule has 2 heterocycles. The molecule has 13 atom stereocenters. The van der Waals surface area contributed by atoms with E-state index in [1.165, 1.54) is 36.3 Å². The topological polar surface area (TPSA) is 562 Å². The third-order valence-corrected chi connectivity index (χ3v) is 21.5. The van der Waals surface area contributed by atoms with Crippen molar-refractivity contribution in [3.05, 3.63) is 45.9 Å². The summed E-state index contributed by atoms with van der Waals surface area (Å²) >= 11 is 1.01. The summed E-state index contributed by atoms with van der Waals surface area (Å²) in [4.78, 5) is 214. The van der Waals surface area contributed by atoms with E-state index in [0.717, 1.165) is 45.8 Å². The molecule has 0 aliphatic carbocycles. The minimum Gasteiger partial charge on any atom is -0.508 e. The zero-order chi connectivity index (χ0) is 83.9. The van der Waals surface area contributed by atoms with Crippen LogP contribution in [0.1, 0.15) is 186 Å². The van der Waals surface area contributed by atoms with Gasteiger partial charge in [0.2, 0.25) is 29.5 Å². The number of ether oxygens (including phenoxy) is 3. The highest BCUT2D eigenvalue weighted by Gasteiger charge is 2.41. The molecule has 1 aliphatic heterocycles. The van der Waals surface area contributed by atoms with Crippen LogP contribution in [-0.4, -0.2) is 240 Å². The van der Waals surface area contributed by atoms with Gasteiger partial charge in [0.05, 0.1) is 12.5 Å². The Bertz CT molecular complexity index is 3500. The molecule has 1 aliphatic rings.